The fourth-order valence-corrected chi connectivity index (χ4v) is 2.01. The minimum atomic E-state index is -0.207. The van der Waals surface area contributed by atoms with Gasteiger partial charge in [0.2, 0.25) is 0 Å². The SMILES string of the molecule is COC(=O)Cc1c[nH]c2c(C)ccc(C)c12. The first-order chi connectivity index (χ1) is 7.63. The van der Waals surface area contributed by atoms with Gasteiger partial charge in [-0.1, -0.05) is 12.1 Å². The Balaban J connectivity index is 2.55. The van der Waals surface area contributed by atoms with Gasteiger partial charge in [-0.15, -0.1) is 0 Å². The summed E-state index contributed by atoms with van der Waals surface area (Å²) in [5.41, 5.74) is 4.49. The van der Waals surface area contributed by atoms with Gasteiger partial charge in [0.25, 0.3) is 0 Å². The lowest BCUT2D eigenvalue weighted by Crippen LogP contribution is -2.04. The van der Waals surface area contributed by atoms with Crippen LogP contribution in [0.25, 0.3) is 10.9 Å². The number of fused-ring (bicyclic) bond motifs is 1. The van der Waals surface area contributed by atoms with Gasteiger partial charge in [0.15, 0.2) is 0 Å². The zero-order chi connectivity index (χ0) is 11.7. The fraction of sp³-hybridized carbons (Fsp3) is 0.308. The average molecular weight is 217 g/mol. The van der Waals surface area contributed by atoms with Crippen LogP contribution in [0.2, 0.25) is 0 Å². The van der Waals surface area contributed by atoms with Gasteiger partial charge in [0, 0.05) is 17.1 Å². The van der Waals surface area contributed by atoms with Crippen LogP contribution in [0.1, 0.15) is 16.7 Å². The van der Waals surface area contributed by atoms with E-state index in [1.165, 1.54) is 18.2 Å². The maximum atomic E-state index is 11.3. The quantitative estimate of drug-likeness (QED) is 0.785. The van der Waals surface area contributed by atoms with Crippen LogP contribution >= 0.6 is 0 Å². The van der Waals surface area contributed by atoms with Crippen molar-refractivity contribution in [1.82, 2.24) is 4.98 Å². The van der Waals surface area contributed by atoms with E-state index < -0.39 is 0 Å². The molecule has 0 unspecified atom stereocenters. The van der Waals surface area contributed by atoms with Crippen molar-refractivity contribution in [3.63, 3.8) is 0 Å². The molecule has 0 saturated carbocycles. The molecule has 84 valence electrons. The van der Waals surface area contributed by atoms with E-state index in [0.29, 0.717) is 6.42 Å². The number of rotatable bonds is 2. The average Bonchev–Trinajstić information content (AvgIpc) is 2.68. The van der Waals surface area contributed by atoms with Crippen molar-refractivity contribution in [2.75, 3.05) is 7.11 Å². The molecule has 1 heterocycles. The highest BCUT2D eigenvalue weighted by molar-refractivity contribution is 5.91. The predicted octanol–water partition coefficient (Wildman–Crippen LogP) is 2.50. The van der Waals surface area contributed by atoms with Crippen LogP contribution in [0.15, 0.2) is 18.3 Å². The summed E-state index contributed by atoms with van der Waals surface area (Å²) < 4.78 is 4.69. The number of aromatic amines is 1. The molecule has 0 radical (unpaired) electrons. The van der Waals surface area contributed by atoms with E-state index in [1.807, 2.05) is 6.20 Å². The molecule has 0 bridgehead atoms. The number of hydrogen-bond donors (Lipinski definition) is 1. The van der Waals surface area contributed by atoms with Crippen molar-refractivity contribution in [2.24, 2.45) is 0 Å². The molecule has 0 aliphatic rings. The summed E-state index contributed by atoms with van der Waals surface area (Å²) in [6, 6.07) is 4.16. The highest BCUT2D eigenvalue weighted by Gasteiger charge is 2.11. The molecule has 3 heteroatoms. The molecule has 0 spiro atoms. The Morgan fingerprint density at radius 3 is 2.69 bits per heavy atom. The Labute approximate surface area is 94.4 Å². The van der Waals surface area contributed by atoms with Crippen molar-refractivity contribution in [3.05, 3.63) is 35.0 Å². The van der Waals surface area contributed by atoms with E-state index in [-0.39, 0.29) is 5.97 Å². The van der Waals surface area contributed by atoms with Crippen LogP contribution in [-0.2, 0) is 16.0 Å². The number of ether oxygens (including phenoxy) is 1. The highest BCUT2D eigenvalue weighted by atomic mass is 16.5. The molecule has 0 amide bonds. The molecule has 0 atom stereocenters. The number of carbonyl (C=O) groups is 1. The van der Waals surface area contributed by atoms with E-state index >= 15 is 0 Å². The molecule has 0 aliphatic heterocycles. The van der Waals surface area contributed by atoms with Crippen molar-refractivity contribution in [2.45, 2.75) is 20.3 Å². The van der Waals surface area contributed by atoms with Crippen molar-refractivity contribution in [1.29, 1.82) is 0 Å². The molecule has 0 aliphatic carbocycles. The number of aryl methyl sites for hydroxylation is 2. The van der Waals surface area contributed by atoms with Crippen LogP contribution in [0.4, 0.5) is 0 Å². The third-order valence-electron chi connectivity index (χ3n) is 2.90. The topological polar surface area (TPSA) is 42.1 Å². The maximum absolute atomic E-state index is 11.3. The van der Waals surface area contributed by atoms with E-state index in [4.69, 9.17) is 0 Å². The molecule has 0 saturated heterocycles. The second-order valence-corrected chi connectivity index (χ2v) is 4.02. The number of benzene rings is 1. The van der Waals surface area contributed by atoms with Gasteiger partial charge in [-0.05, 0) is 30.5 Å². The van der Waals surface area contributed by atoms with Gasteiger partial charge in [0.1, 0.15) is 0 Å². The van der Waals surface area contributed by atoms with Crippen LogP contribution in [0.3, 0.4) is 0 Å². The van der Waals surface area contributed by atoms with Crippen molar-refractivity contribution in [3.8, 4) is 0 Å². The number of hydrogen-bond acceptors (Lipinski definition) is 2. The Morgan fingerprint density at radius 2 is 2.00 bits per heavy atom. The molecule has 2 aromatic rings. The number of methoxy groups -OCH3 is 1. The Morgan fingerprint density at radius 1 is 1.31 bits per heavy atom. The summed E-state index contributed by atoms with van der Waals surface area (Å²) in [7, 11) is 1.41. The fourth-order valence-electron chi connectivity index (χ4n) is 2.01. The Kier molecular flexibility index (Phi) is 2.69. The molecule has 16 heavy (non-hydrogen) atoms. The highest BCUT2D eigenvalue weighted by Crippen LogP contribution is 2.25. The number of esters is 1. The lowest BCUT2D eigenvalue weighted by molar-refractivity contribution is -0.139. The minimum absolute atomic E-state index is 0.207. The van der Waals surface area contributed by atoms with Gasteiger partial charge in [-0.3, -0.25) is 4.79 Å². The number of carbonyl (C=O) groups excluding carboxylic acids is 1. The number of aromatic nitrogens is 1. The second-order valence-electron chi connectivity index (χ2n) is 4.02. The Bertz CT molecular complexity index is 540. The minimum Gasteiger partial charge on any atom is -0.469 e. The zero-order valence-electron chi connectivity index (χ0n) is 9.76. The van der Waals surface area contributed by atoms with Crippen LogP contribution < -0.4 is 0 Å². The molecule has 0 fully saturated rings. The summed E-state index contributed by atoms with van der Waals surface area (Å²) in [6.45, 7) is 4.11. The molecule has 1 N–H and O–H groups in total. The van der Waals surface area contributed by atoms with Crippen LogP contribution in [-0.4, -0.2) is 18.1 Å². The lowest BCUT2D eigenvalue weighted by Gasteiger charge is -2.03. The van der Waals surface area contributed by atoms with Crippen molar-refractivity contribution >= 4 is 16.9 Å². The normalized spacial score (nSPS) is 10.7. The Hall–Kier alpha value is -1.77. The first-order valence-corrected chi connectivity index (χ1v) is 5.26. The molecule has 2 rings (SSSR count). The lowest BCUT2D eigenvalue weighted by atomic mass is 10.0. The molecular weight excluding hydrogens is 202 g/mol. The van der Waals surface area contributed by atoms with Gasteiger partial charge in [-0.2, -0.15) is 0 Å². The van der Waals surface area contributed by atoms with Crippen LogP contribution in [0, 0.1) is 13.8 Å². The van der Waals surface area contributed by atoms with E-state index in [0.717, 1.165) is 16.5 Å². The monoisotopic (exact) mass is 217 g/mol. The van der Waals surface area contributed by atoms with Crippen LogP contribution in [0.5, 0.6) is 0 Å². The smallest absolute Gasteiger partial charge is 0.310 e. The summed E-state index contributed by atoms with van der Waals surface area (Å²) in [5.74, 6) is -0.207. The molecule has 3 nitrogen and oxygen atoms in total. The molecule has 1 aromatic heterocycles. The molecular formula is C13H15NO2. The van der Waals surface area contributed by atoms with E-state index in [1.54, 1.807) is 0 Å². The molecule has 1 aromatic carbocycles. The van der Waals surface area contributed by atoms with Gasteiger partial charge < -0.3 is 9.72 Å². The van der Waals surface area contributed by atoms with E-state index in [2.05, 4.69) is 35.7 Å². The maximum Gasteiger partial charge on any atom is 0.310 e. The third kappa shape index (κ3) is 1.69. The van der Waals surface area contributed by atoms with Gasteiger partial charge >= 0.3 is 5.97 Å². The zero-order valence-corrected chi connectivity index (χ0v) is 9.76. The summed E-state index contributed by atoms with van der Waals surface area (Å²) >= 11 is 0. The van der Waals surface area contributed by atoms with Gasteiger partial charge in [-0.25, -0.2) is 0 Å². The third-order valence-corrected chi connectivity index (χ3v) is 2.90. The first-order valence-electron chi connectivity index (χ1n) is 5.26. The van der Waals surface area contributed by atoms with E-state index in [9.17, 15) is 4.79 Å². The predicted molar refractivity (Wildman–Crippen MR) is 63.5 cm³/mol. The largest absolute Gasteiger partial charge is 0.469 e. The summed E-state index contributed by atoms with van der Waals surface area (Å²) in [5, 5.41) is 1.14. The number of nitrogens with one attached hydrogen (secondary N) is 1. The summed E-state index contributed by atoms with van der Waals surface area (Å²) in [4.78, 5) is 14.5. The summed E-state index contributed by atoms with van der Waals surface area (Å²) in [6.07, 6.45) is 2.21. The number of H-pyrrole nitrogens is 1. The standard InChI is InChI=1S/C13H15NO2/c1-8-4-5-9(2)13-12(8)10(7-14-13)6-11(15)16-3/h4-5,7,14H,6H2,1-3H3. The second kappa shape index (κ2) is 4.00. The van der Waals surface area contributed by atoms with Crippen molar-refractivity contribution < 1.29 is 9.53 Å². The van der Waals surface area contributed by atoms with Gasteiger partial charge in [0.05, 0.1) is 13.5 Å². The first kappa shape index (κ1) is 10.7.